The van der Waals surface area contributed by atoms with E-state index < -0.39 is 5.97 Å². The van der Waals surface area contributed by atoms with E-state index in [1.165, 1.54) is 27.6 Å². The Hall–Kier alpha value is -2.79. The number of aryl methyl sites for hydroxylation is 1. The summed E-state index contributed by atoms with van der Waals surface area (Å²) < 4.78 is 5.76. The predicted octanol–water partition coefficient (Wildman–Crippen LogP) is 4.46. The first-order chi connectivity index (χ1) is 14.0. The smallest absolute Gasteiger partial charge is 0.335 e. The summed E-state index contributed by atoms with van der Waals surface area (Å²) in [7, 11) is 3.90. The Bertz CT molecular complexity index is 1020. The van der Waals surface area contributed by atoms with Gasteiger partial charge < -0.3 is 19.7 Å². The van der Waals surface area contributed by atoms with Crippen molar-refractivity contribution in [2.45, 2.75) is 25.7 Å². The number of ether oxygens (including phenoxy) is 1. The third kappa shape index (κ3) is 3.75. The zero-order valence-corrected chi connectivity index (χ0v) is 17.2. The molecule has 2 aromatic carbocycles. The zero-order valence-electron chi connectivity index (χ0n) is 17.2. The third-order valence-corrected chi connectivity index (χ3v) is 6.34. The van der Waals surface area contributed by atoms with Gasteiger partial charge in [0.1, 0.15) is 5.75 Å². The van der Waals surface area contributed by atoms with Crippen molar-refractivity contribution >= 4 is 16.9 Å². The van der Waals surface area contributed by atoms with Crippen molar-refractivity contribution in [2.24, 2.45) is 5.92 Å². The lowest BCUT2D eigenvalue weighted by Gasteiger charge is -2.37. The van der Waals surface area contributed by atoms with Crippen LogP contribution in [0.15, 0.2) is 42.6 Å². The number of hydrogen-bond acceptors (Lipinski definition) is 3. The van der Waals surface area contributed by atoms with Gasteiger partial charge in [-0.25, -0.2) is 4.79 Å². The first kappa shape index (κ1) is 19.5. The van der Waals surface area contributed by atoms with Gasteiger partial charge in [-0.15, -0.1) is 0 Å². The molecule has 1 fully saturated rings. The Balaban J connectivity index is 1.69. The molecular formula is C24H28N2O3. The van der Waals surface area contributed by atoms with Crippen molar-refractivity contribution < 1.29 is 14.6 Å². The van der Waals surface area contributed by atoms with Crippen molar-refractivity contribution in [1.29, 1.82) is 0 Å². The van der Waals surface area contributed by atoms with Gasteiger partial charge in [0.15, 0.2) is 0 Å². The van der Waals surface area contributed by atoms with Crippen LogP contribution in [-0.4, -0.2) is 48.2 Å². The Labute approximate surface area is 171 Å². The summed E-state index contributed by atoms with van der Waals surface area (Å²) >= 11 is 0. The topological polar surface area (TPSA) is 65.6 Å². The number of likely N-dealkylation sites (N-methyl/N-ethyl adjacent to an activating group) is 1. The van der Waals surface area contributed by atoms with Gasteiger partial charge in [0.05, 0.1) is 12.7 Å². The fraction of sp³-hybridized carbons (Fsp3) is 0.375. The summed E-state index contributed by atoms with van der Waals surface area (Å²) in [6, 6.07) is 11.7. The number of rotatable bonds is 5. The number of aromatic carboxylic acids is 1. The zero-order chi connectivity index (χ0) is 20.5. The van der Waals surface area contributed by atoms with E-state index in [0.29, 0.717) is 17.4 Å². The summed E-state index contributed by atoms with van der Waals surface area (Å²) in [6.45, 7) is 4.15. The van der Waals surface area contributed by atoms with Gasteiger partial charge in [-0.3, -0.25) is 0 Å². The summed E-state index contributed by atoms with van der Waals surface area (Å²) in [5.74, 6) is 0.898. The van der Waals surface area contributed by atoms with Gasteiger partial charge >= 0.3 is 5.97 Å². The maximum Gasteiger partial charge on any atom is 0.335 e. The highest BCUT2D eigenvalue weighted by atomic mass is 16.5. The fourth-order valence-corrected chi connectivity index (χ4v) is 4.75. The number of aromatic amines is 1. The SMILES string of the molecule is COc1cc(C)c2[nH]ccc2c1CC1CCN(C)CC1c1ccc(C(=O)O)cc1. The summed E-state index contributed by atoms with van der Waals surface area (Å²) in [5, 5.41) is 10.4. The monoisotopic (exact) mass is 392 g/mol. The molecule has 3 aromatic rings. The van der Waals surface area contributed by atoms with Crippen LogP contribution in [-0.2, 0) is 6.42 Å². The first-order valence-corrected chi connectivity index (χ1v) is 10.1. The molecule has 0 saturated carbocycles. The summed E-state index contributed by atoms with van der Waals surface area (Å²) in [6.07, 6.45) is 4.04. The van der Waals surface area contributed by atoms with Crippen LogP contribution in [0.1, 0.15) is 39.4 Å². The molecule has 2 N–H and O–H groups in total. The highest BCUT2D eigenvalue weighted by molar-refractivity contribution is 5.88. The quantitative estimate of drug-likeness (QED) is 0.673. The Morgan fingerprint density at radius 2 is 2.03 bits per heavy atom. The minimum absolute atomic E-state index is 0.337. The molecule has 0 radical (unpaired) electrons. The average molecular weight is 392 g/mol. The fourth-order valence-electron chi connectivity index (χ4n) is 4.75. The Morgan fingerprint density at radius 1 is 1.28 bits per heavy atom. The van der Waals surface area contributed by atoms with Crippen molar-refractivity contribution in [3.05, 3.63) is 64.8 Å². The number of carboxylic acids is 1. The molecule has 2 heterocycles. The standard InChI is InChI=1S/C24H28N2O3/c1-15-12-22(29-3)20(19-8-10-25-23(15)19)13-18-9-11-26(2)14-21(18)16-4-6-17(7-5-16)24(27)28/h4-8,10,12,18,21,25H,9,11,13-14H2,1-3H3,(H,27,28). The minimum Gasteiger partial charge on any atom is -0.496 e. The molecule has 1 aromatic heterocycles. The largest absolute Gasteiger partial charge is 0.496 e. The number of hydrogen-bond donors (Lipinski definition) is 2. The van der Waals surface area contributed by atoms with Crippen LogP contribution in [0, 0.1) is 12.8 Å². The third-order valence-electron chi connectivity index (χ3n) is 6.34. The van der Waals surface area contributed by atoms with Crippen molar-refractivity contribution in [3.63, 3.8) is 0 Å². The van der Waals surface area contributed by atoms with Gasteiger partial charge in [-0.05, 0) is 80.6 Å². The molecule has 0 bridgehead atoms. The molecule has 2 unspecified atom stereocenters. The predicted molar refractivity (Wildman–Crippen MR) is 115 cm³/mol. The van der Waals surface area contributed by atoms with Crippen LogP contribution in [0.4, 0.5) is 0 Å². The number of aromatic nitrogens is 1. The number of carboxylic acid groups (broad SMARTS) is 1. The lowest BCUT2D eigenvalue weighted by Crippen LogP contribution is -2.37. The highest BCUT2D eigenvalue weighted by Crippen LogP contribution is 2.39. The van der Waals surface area contributed by atoms with E-state index in [1.807, 2.05) is 18.3 Å². The van der Waals surface area contributed by atoms with Crippen LogP contribution in [0.2, 0.25) is 0 Å². The van der Waals surface area contributed by atoms with E-state index in [0.717, 1.165) is 31.7 Å². The van der Waals surface area contributed by atoms with E-state index >= 15 is 0 Å². The molecule has 0 spiro atoms. The number of piperidine rings is 1. The van der Waals surface area contributed by atoms with E-state index in [-0.39, 0.29) is 0 Å². The molecule has 0 amide bonds. The number of nitrogens with one attached hydrogen (secondary N) is 1. The molecular weight excluding hydrogens is 364 g/mol. The maximum atomic E-state index is 11.2. The Morgan fingerprint density at radius 3 is 2.72 bits per heavy atom. The van der Waals surface area contributed by atoms with E-state index in [4.69, 9.17) is 4.74 Å². The minimum atomic E-state index is -0.881. The molecule has 1 aliphatic rings. The number of likely N-dealkylation sites (tertiary alicyclic amines) is 1. The number of nitrogens with zero attached hydrogens (tertiary/aromatic N) is 1. The van der Waals surface area contributed by atoms with E-state index in [9.17, 15) is 9.90 Å². The normalized spacial score (nSPS) is 20.1. The van der Waals surface area contributed by atoms with Crippen molar-refractivity contribution in [2.75, 3.05) is 27.2 Å². The number of benzene rings is 2. The highest BCUT2D eigenvalue weighted by Gasteiger charge is 2.30. The number of carbonyl (C=O) groups is 1. The molecule has 0 aliphatic carbocycles. The number of fused-ring (bicyclic) bond motifs is 1. The molecule has 29 heavy (non-hydrogen) atoms. The van der Waals surface area contributed by atoms with Crippen LogP contribution in [0.3, 0.4) is 0 Å². The Kier molecular flexibility index (Phi) is 5.33. The van der Waals surface area contributed by atoms with Crippen LogP contribution in [0.25, 0.3) is 10.9 Å². The van der Waals surface area contributed by atoms with Gasteiger partial charge in [-0.1, -0.05) is 12.1 Å². The summed E-state index contributed by atoms with van der Waals surface area (Å²) in [4.78, 5) is 16.9. The molecule has 1 aliphatic heterocycles. The molecule has 5 nitrogen and oxygen atoms in total. The van der Waals surface area contributed by atoms with Gasteiger partial charge in [0.25, 0.3) is 0 Å². The van der Waals surface area contributed by atoms with Crippen LogP contribution >= 0.6 is 0 Å². The summed E-state index contributed by atoms with van der Waals surface area (Å²) in [5.41, 5.74) is 5.17. The maximum absolute atomic E-state index is 11.2. The molecule has 152 valence electrons. The second-order valence-corrected chi connectivity index (χ2v) is 8.19. The average Bonchev–Trinajstić information content (AvgIpc) is 3.21. The van der Waals surface area contributed by atoms with Crippen LogP contribution in [0.5, 0.6) is 5.75 Å². The molecule has 4 rings (SSSR count). The number of H-pyrrole nitrogens is 1. The van der Waals surface area contributed by atoms with Gasteiger partial charge in [0.2, 0.25) is 0 Å². The van der Waals surface area contributed by atoms with Gasteiger partial charge in [-0.2, -0.15) is 0 Å². The van der Waals surface area contributed by atoms with E-state index in [1.54, 1.807) is 19.2 Å². The second kappa shape index (κ2) is 7.91. The number of methoxy groups -OCH3 is 1. The lowest BCUT2D eigenvalue weighted by molar-refractivity contribution is 0.0697. The van der Waals surface area contributed by atoms with Crippen LogP contribution < -0.4 is 4.74 Å². The molecule has 1 saturated heterocycles. The first-order valence-electron chi connectivity index (χ1n) is 10.1. The second-order valence-electron chi connectivity index (χ2n) is 8.19. The van der Waals surface area contributed by atoms with Gasteiger partial charge in [0, 0.05) is 29.2 Å². The van der Waals surface area contributed by atoms with E-state index in [2.05, 4.69) is 36.0 Å². The van der Waals surface area contributed by atoms with Crippen molar-refractivity contribution in [3.8, 4) is 5.75 Å². The molecule has 2 atom stereocenters. The molecule has 5 heteroatoms. The van der Waals surface area contributed by atoms with Crippen molar-refractivity contribution in [1.82, 2.24) is 9.88 Å². The lowest BCUT2D eigenvalue weighted by atomic mass is 9.77.